The van der Waals surface area contributed by atoms with E-state index < -0.39 is 14.6 Å². The van der Waals surface area contributed by atoms with Crippen LogP contribution in [0.5, 0.6) is 5.75 Å². The third kappa shape index (κ3) is 11.5. The Morgan fingerprint density at radius 1 is 0.938 bits per heavy atom. The van der Waals surface area contributed by atoms with Crippen molar-refractivity contribution in [1.82, 2.24) is 5.32 Å². The highest BCUT2D eigenvalue weighted by Crippen LogP contribution is 2.31. The molecule has 0 aliphatic rings. The molecule has 0 heterocycles. The largest absolute Gasteiger partial charge is 0.573 e. The van der Waals surface area contributed by atoms with E-state index in [0.29, 0.717) is 37.3 Å². The normalized spacial score (nSPS) is 12.5. The zero-order valence-corrected chi connectivity index (χ0v) is 18.8. The third-order valence-corrected chi connectivity index (χ3v) is 5.08. The summed E-state index contributed by atoms with van der Waals surface area (Å²) in [6.07, 6.45) is -0.471. The van der Waals surface area contributed by atoms with Crippen molar-refractivity contribution in [2.75, 3.05) is 25.0 Å². The molecule has 0 aromatic heterocycles. The number of hydrogen-bond donors (Lipinski definition) is 3. The molecule has 1 atom stereocenters. The second-order valence-electron chi connectivity index (χ2n) is 7.25. The Morgan fingerprint density at radius 2 is 1.72 bits per heavy atom. The summed E-state index contributed by atoms with van der Waals surface area (Å²) in [7, 11) is -2.93. The molecule has 2 aromatic carbocycles. The second kappa shape index (κ2) is 14.2. The standard InChI is InChI=1S/C22H30F3N2O4P/c23-22(24,25)31-21-16-19(17-26-13-7-15-30-32(28)29)11-12-20(21)27-14-6-2-5-10-18-8-3-1-4-9-18/h1,3-4,8-9,11-12,16,26-27,32H,2,5-7,10,13-15,17H2,(H,28,29). The maximum atomic E-state index is 12.8. The van der Waals surface area contributed by atoms with Crippen LogP contribution in [0.4, 0.5) is 18.9 Å². The molecule has 10 heteroatoms. The van der Waals surface area contributed by atoms with E-state index in [1.807, 2.05) is 18.2 Å². The van der Waals surface area contributed by atoms with Gasteiger partial charge in [0.1, 0.15) is 0 Å². The molecule has 2 rings (SSSR count). The van der Waals surface area contributed by atoms with Crippen LogP contribution < -0.4 is 15.4 Å². The minimum absolute atomic E-state index is 0.137. The van der Waals surface area contributed by atoms with Gasteiger partial charge >= 0.3 is 14.6 Å². The van der Waals surface area contributed by atoms with Crippen molar-refractivity contribution >= 4 is 13.9 Å². The van der Waals surface area contributed by atoms with E-state index in [-0.39, 0.29) is 12.4 Å². The zero-order chi connectivity index (χ0) is 23.2. The monoisotopic (exact) mass is 474 g/mol. The lowest BCUT2D eigenvalue weighted by atomic mass is 10.1. The van der Waals surface area contributed by atoms with Crippen molar-refractivity contribution in [2.45, 2.75) is 45.0 Å². The molecule has 0 spiro atoms. The molecular weight excluding hydrogens is 444 g/mol. The van der Waals surface area contributed by atoms with Gasteiger partial charge in [-0.2, -0.15) is 0 Å². The summed E-state index contributed by atoms with van der Waals surface area (Å²) in [5, 5.41) is 6.10. The van der Waals surface area contributed by atoms with Crippen molar-refractivity contribution < 1.29 is 31.9 Å². The number of alkyl halides is 3. The molecule has 3 N–H and O–H groups in total. The predicted octanol–water partition coefficient (Wildman–Crippen LogP) is 5.29. The summed E-state index contributed by atoms with van der Waals surface area (Å²) in [5.41, 5.74) is 2.22. The lowest BCUT2D eigenvalue weighted by Crippen LogP contribution is -2.19. The number of aryl methyl sites for hydroxylation is 1. The van der Waals surface area contributed by atoms with Gasteiger partial charge in [-0.15, -0.1) is 13.2 Å². The molecule has 0 aliphatic carbocycles. The molecule has 0 amide bonds. The fraction of sp³-hybridized carbons (Fsp3) is 0.455. The van der Waals surface area contributed by atoms with Crippen molar-refractivity contribution in [3.63, 3.8) is 0 Å². The number of halogens is 3. The number of unbranched alkanes of at least 4 members (excludes halogenated alkanes) is 2. The number of rotatable bonds is 15. The van der Waals surface area contributed by atoms with Crippen molar-refractivity contribution in [1.29, 1.82) is 0 Å². The van der Waals surface area contributed by atoms with E-state index in [1.54, 1.807) is 12.1 Å². The van der Waals surface area contributed by atoms with Gasteiger partial charge in [0.25, 0.3) is 0 Å². The van der Waals surface area contributed by atoms with Crippen LogP contribution in [0.1, 0.15) is 36.8 Å². The van der Waals surface area contributed by atoms with E-state index in [4.69, 9.17) is 4.89 Å². The fourth-order valence-corrected chi connectivity index (χ4v) is 3.44. The van der Waals surface area contributed by atoms with E-state index in [2.05, 4.69) is 32.0 Å². The molecule has 178 valence electrons. The SMILES string of the molecule is O=[PH](O)OCCCNCc1ccc(NCCCCCc2ccccc2)c(OC(F)(F)F)c1. The molecule has 0 bridgehead atoms. The highest BCUT2D eigenvalue weighted by Gasteiger charge is 2.32. The predicted molar refractivity (Wildman–Crippen MR) is 119 cm³/mol. The first-order valence-electron chi connectivity index (χ1n) is 10.6. The maximum absolute atomic E-state index is 12.8. The Bertz CT molecular complexity index is 823. The number of ether oxygens (including phenoxy) is 1. The minimum atomic E-state index is -4.78. The van der Waals surface area contributed by atoms with Gasteiger partial charge in [0.2, 0.25) is 0 Å². The van der Waals surface area contributed by atoms with Crippen molar-refractivity contribution in [3.8, 4) is 5.75 Å². The van der Waals surface area contributed by atoms with Gasteiger partial charge < -0.3 is 24.8 Å². The number of anilines is 1. The fourth-order valence-electron chi connectivity index (χ4n) is 3.12. The number of hydrogen-bond acceptors (Lipinski definition) is 5. The summed E-state index contributed by atoms with van der Waals surface area (Å²) < 4.78 is 57.8. The molecule has 0 saturated heterocycles. The second-order valence-corrected chi connectivity index (χ2v) is 8.07. The average molecular weight is 474 g/mol. The van der Waals surface area contributed by atoms with E-state index in [0.717, 1.165) is 25.7 Å². The summed E-state index contributed by atoms with van der Waals surface area (Å²) in [5.74, 6) is -0.261. The molecule has 0 saturated carbocycles. The quantitative estimate of drug-likeness (QED) is 0.241. The first kappa shape index (κ1) is 26.2. The average Bonchev–Trinajstić information content (AvgIpc) is 2.73. The molecule has 2 aromatic rings. The summed E-state index contributed by atoms with van der Waals surface area (Å²) >= 11 is 0. The molecule has 0 radical (unpaired) electrons. The first-order valence-corrected chi connectivity index (χ1v) is 11.8. The van der Waals surface area contributed by atoms with Gasteiger partial charge in [-0.3, -0.25) is 4.57 Å². The number of benzene rings is 2. The summed E-state index contributed by atoms with van der Waals surface area (Å²) in [4.78, 5) is 8.58. The van der Waals surface area contributed by atoms with Gasteiger partial charge in [0.05, 0.1) is 12.3 Å². The van der Waals surface area contributed by atoms with Crippen LogP contribution in [0.3, 0.4) is 0 Å². The first-order chi connectivity index (χ1) is 15.3. The lowest BCUT2D eigenvalue weighted by Gasteiger charge is -2.16. The Kier molecular flexibility index (Phi) is 11.6. The molecule has 0 fully saturated rings. The van der Waals surface area contributed by atoms with Crippen molar-refractivity contribution in [2.24, 2.45) is 0 Å². The van der Waals surface area contributed by atoms with Crippen LogP contribution >= 0.6 is 8.25 Å². The molecule has 1 unspecified atom stereocenters. The lowest BCUT2D eigenvalue weighted by molar-refractivity contribution is -0.274. The molecular formula is C22H30F3N2O4P. The van der Waals surface area contributed by atoms with E-state index in [9.17, 15) is 17.7 Å². The Hall–Kier alpha value is -2.06. The van der Waals surface area contributed by atoms with Crippen LogP contribution in [0.2, 0.25) is 0 Å². The summed E-state index contributed by atoms with van der Waals surface area (Å²) in [6, 6.07) is 14.8. The topological polar surface area (TPSA) is 79.8 Å². The van der Waals surface area contributed by atoms with Crippen LogP contribution in [-0.4, -0.2) is 31.0 Å². The summed E-state index contributed by atoms with van der Waals surface area (Å²) in [6.45, 7) is 1.52. The van der Waals surface area contributed by atoms with Crippen molar-refractivity contribution in [3.05, 3.63) is 59.7 Å². The minimum Gasteiger partial charge on any atom is -0.404 e. The highest BCUT2D eigenvalue weighted by atomic mass is 31.1. The van der Waals surface area contributed by atoms with Gasteiger partial charge in [0, 0.05) is 13.1 Å². The Labute approximate surface area is 187 Å². The van der Waals surface area contributed by atoms with Gasteiger partial charge in [0.15, 0.2) is 5.75 Å². The Balaban J connectivity index is 1.78. The number of nitrogens with one attached hydrogen (secondary N) is 2. The van der Waals surface area contributed by atoms with Crippen LogP contribution in [0.25, 0.3) is 0 Å². The molecule has 6 nitrogen and oxygen atoms in total. The Morgan fingerprint density at radius 3 is 2.44 bits per heavy atom. The van der Waals surface area contributed by atoms with Gasteiger partial charge in [-0.25, -0.2) is 0 Å². The highest BCUT2D eigenvalue weighted by molar-refractivity contribution is 7.32. The maximum Gasteiger partial charge on any atom is 0.573 e. The molecule has 32 heavy (non-hydrogen) atoms. The van der Waals surface area contributed by atoms with Crippen LogP contribution in [0, 0.1) is 0 Å². The third-order valence-electron chi connectivity index (χ3n) is 4.62. The smallest absolute Gasteiger partial charge is 0.404 e. The van der Waals surface area contributed by atoms with Crippen LogP contribution in [-0.2, 0) is 22.1 Å². The zero-order valence-electron chi connectivity index (χ0n) is 17.8. The van der Waals surface area contributed by atoms with Crippen LogP contribution in [0.15, 0.2) is 48.5 Å². The molecule has 0 aliphatic heterocycles. The van der Waals surface area contributed by atoms with E-state index >= 15 is 0 Å². The van der Waals surface area contributed by atoms with Gasteiger partial charge in [-0.05, 0) is 55.5 Å². The van der Waals surface area contributed by atoms with E-state index in [1.165, 1.54) is 11.6 Å². The van der Waals surface area contributed by atoms with Gasteiger partial charge in [-0.1, -0.05) is 42.8 Å².